The number of fused-ring (bicyclic) bond motifs is 33. The number of benzene rings is 4. The summed E-state index contributed by atoms with van der Waals surface area (Å²) in [6.45, 7) is 8.37. The van der Waals surface area contributed by atoms with E-state index in [1.165, 1.54) is 58.0 Å². The topological polar surface area (TPSA) is 412 Å². The number of aromatic amines is 1. The lowest BCUT2D eigenvalue weighted by atomic mass is 9.94. The number of ether oxygens (including phenoxy) is 2. The SMILES string of the molecule is CC[C@@H]1NC(=O)[C@@H](N(C)C(=O)[C@H](Cc2c[nH]c3ccc(F)cc23)NC(C)=O)CCC(O)NCc2cccc(c2)CNC(=O)[C@@H](C)NC(=O)[C@H](C)NC(=O)[C@@H](NC(C)=O)CC(=O)NCCOc2ccc(cc2)C[C@@H](C(N)=O)NC(=O)[C@]2(C)CCCN2C(=O)[C@H](Cc2ccc(OC)cc2)NC1=O. The van der Waals surface area contributed by atoms with Crippen LogP contribution in [0.4, 0.5) is 4.39 Å². The molecule has 10 atom stereocenters. The predicted molar refractivity (Wildman–Crippen MR) is 364 cm³/mol. The van der Waals surface area contributed by atoms with Crippen molar-refractivity contribution < 1.29 is 76.5 Å². The first-order valence-electron chi connectivity index (χ1n) is 33.1. The van der Waals surface area contributed by atoms with Gasteiger partial charge in [0, 0.05) is 76.9 Å². The van der Waals surface area contributed by atoms with E-state index in [-0.39, 0.29) is 77.7 Å². The van der Waals surface area contributed by atoms with E-state index in [0.29, 0.717) is 56.6 Å². The first kappa shape index (κ1) is 76.9. The number of amides is 12. The van der Waals surface area contributed by atoms with Gasteiger partial charge in [-0.2, -0.15) is 0 Å². The molecule has 4 heterocycles. The Labute approximate surface area is 578 Å². The molecule has 1 saturated heterocycles. The molecule has 0 spiro atoms. The van der Waals surface area contributed by atoms with Crippen molar-refractivity contribution in [1.29, 1.82) is 0 Å². The van der Waals surface area contributed by atoms with Gasteiger partial charge in [0.15, 0.2) is 0 Å². The van der Waals surface area contributed by atoms with Gasteiger partial charge in [0.1, 0.15) is 84.0 Å². The van der Waals surface area contributed by atoms with Crippen LogP contribution in [0, 0.1) is 5.82 Å². The third-order valence-electron chi connectivity index (χ3n) is 17.6. The molecule has 0 saturated carbocycles. The van der Waals surface area contributed by atoms with Gasteiger partial charge in [0.05, 0.1) is 20.1 Å². The highest BCUT2D eigenvalue weighted by Gasteiger charge is 2.48. The number of likely N-dealkylation sites (N-methyl/N-ethyl adjacent to an activating group) is 1. The molecule has 4 bridgehead atoms. The summed E-state index contributed by atoms with van der Waals surface area (Å²) in [5.74, 6) is -8.34. The van der Waals surface area contributed by atoms with Crippen LogP contribution in [0.2, 0.25) is 0 Å². The van der Waals surface area contributed by atoms with Crippen LogP contribution < -0.4 is 68.4 Å². The lowest BCUT2D eigenvalue weighted by Crippen LogP contribution is -2.63. The normalized spacial score (nSPS) is 23.7. The number of nitrogens with one attached hydrogen (secondary N) is 11. The Hall–Kier alpha value is -10.5. The van der Waals surface area contributed by atoms with Crippen LogP contribution in [-0.2, 0) is 89.9 Å². The van der Waals surface area contributed by atoms with Gasteiger partial charge < -0.3 is 82.9 Å². The molecule has 29 nitrogen and oxygen atoms in total. The number of halogens is 1. The van der Waals surface area contributed by atoms with Gasteiger partial charge in [-0.1, -0.05) is 55.5 Å². The van der Waals surface area contributed by atoms with E-state index in [1.807, 2.05) is 0 Å². The van der Waals surface area contributed by atoms with E-state index < -0.39 is 143 Å². The van der Waals surface area contributed by atoms with Gasteiger partial charge in [0.25, 0.3) is 0 Å². The minimum absolute atomic E-state index is 0.00226. The summed E-state index contributed by atoms with van der Waals surface area (Å²) in [5, 5.41) is 38.9. The second kappa shape index (κ2) is 35.8. The molecule has 3 aliphatic rings. The van der Waals surface area contributed by atoms with E-state index >= 15 is 4.79 Å². The number of aliphatic hydroxyl groups is 1. The predicted octanol–water partition coefficient (Wildman–Crippen LogP) is 0.323. The minimum Gasteiger partial charge on any atom is -0.497 e. The third kappa shape index (κ3) is 21.5. The first-order valence-corrected chi connectivity index (χ1v) is 33.1. The number of methoxy groups -OCH3 is 1. The number of primary amides is 1. The van der Waals surface area contributed by atoms with Gasteiger partial charge >= 0.3 is 0 Å². The number of nitrogens with zero attached hydrogens (tertiary/aromatic N) is 2. The summed E-state index contributed by atoms with van der Waals surface area (Å²) in [4.78, 5) is 171. The number of carbonyl (C=O) groups is 12. The van der Waals surface area contributed by atoms with Gasteiger partial charge in [-0.15, -0.1) is 0 Å². The average molecular weight is 1390 g/mol. The molecule has 1 unspecified atom stereocenters. The van der Waals surface area contributed by atoms with Crippen molar-refractivity contribution in [3.63, 3.8) is 0 Å². The fourth-order valence-electron chi connectivity index (χ4n) is 11.9. The molecule has 0 radical (unpaired) electrons. The van der Waals surface area contributed by atoms with E-state index in [4.69, 9.17) is 15.2 Å². The van der Waals surface area contributed by atoms with Gasteiger partial charge in [-0.3, -0.25) is 62.9 Å². The molecular weight excluding hydrogens is 1300 g/mol. The molecule has 8 rings (SSSR count). The Morgan fingerprint density at radius 1 is 0.780 bits per heavy atom. The highest BCUT2D eigenvalue weighted by atomic mass is 19.1. The van der Waals surface area contributed by atoms with E-state index in [1.54, 1.807) is 92.8 Å². The molecule has 100 heavy (non-hydrogen) atoms. The number of carbonyl (C=O) groups excluding carboxylic acids is 12. The zero-order valence-corrected chi connectivity index (χ0v) is 57.3. The van der Waals surface area contributed by atoms with Gasteiger partial charge in [0.2, 0.25) is 70.9 Å². The summed E-state index contributed by atoms with van der Waals surface area (Å²) >= 11 is 0. The number of hydrogen-bond acceptors (Lipinski definition) is 16. The number of nitrogens with two attached hydrogens (primary N) is 1. The Morgan fingerprint density at radius 3 is 2.13 bits per heavy atom. The zero-order valence-electron chi connectivity index (χ0n) is 57.3. The molecule has 1 fully saturated rings. The van der Waals surface area contributed by atoms with Crippen molar-refractivity contribution in [3.8, 4) is 11.5 Å². The number of aromatic nitrogens is 1. The number of H-pyrrole nitrogens is 1. The van der Waals surface area contributed by atoms with Gasteiger partial charge in [-0.05, 0) is 123 Å². The average Bonchev–Trinajstić information content (AvgIpc) is 1.58. The lowest BCUT2D eigenvalue weighted by molar-refractivity contribution is -0.147. The largest absolute Gasteiger partial charge is 0.497 e. The highest BCUT2D eigenvalue weighted by Crippen LogP contribution is 2.31. The monoisotopic (exact) mass is 1390 g/mol. The van der Waals surface area contributed by atoms with Crippen LogP contribution in [0.5, 0.6) is 11.5 Å². The summed E-state index contributed by atoms with van der Waals surface area (Å²) in [7, 11) is 2.82. The second-order valence-corrected chi connectivity index (χ2v) is 25.3. The summed E-state index contributed by atoms with van der Waals surface area (Å²) in [6.07, 6.45) is -0.546. The molecule has 5 aromatic rings. The summed E-state index contributed by atoms with van der Waals surface area (Å²) < 4.78 is 25.8. The summed E-state index contributed by atoms with van der Waals surface area (Å²) in [6, 6.07) is 13.8. The maximum Gasteiger partial charge on any atom is 0.246 e. The number of aliphatic hydroxyl groups excluding tert-OH is 1. The van der Waals surface area contributed by atoms with Crippen molar-refractivity contribution in [1.82, 2.24) is 68.0 Å². The molecule has 14 N–H and O–H groups in total. The van der Waals surface area contributed by atoms with Crippen molar-refractivity contribution in [2.24, 2.45) is 5.73 Å². The number of hydrogen-bond donors (Lipinski definition) is 13. The number of rotatable bonds is 11. The van der Waals surface area contributed by atoms with Crippen molar-refractivity contribution in [2.45, 2.75) is 173 Å². The Morgan fingerprint density at radius 2 is 1.46 bits per heavy atom. The zero-order chi connectivity index (χ0) is 73.0. The van der Waals surface area contributed by atoms with E-state index in [9.17, 15) is 62.2 Å². The van der Waals surface area contributed by atoms with E-state index in [2.05, 4.69) is 58.2 Å². The smallest absolute Gasteiger partial charge is 0.246 e. The van der Waals surface area contributed by atoms with Gasteiger partial charge in [-0.25, -0.2) is 4.39 Å². The Balaban J connectivity index is 1.17. The maximum absolute atomic E-state index is 15.2. The molecule has 12 amide bonds. The quantitative estimate of drug-likeness (QED) is 0.0792. The molecule has 1 aromatic heterocycles. The molecule has 538 valence electrons. The fourth-order valence-corrected chi connectivity index (χ4v) is 11.9. The minimum atomic E-state index is -1.58. The highest BCUT2D eigenvalue weighted by molar-refractivity contribution is 6.00. The van der Waals surface area contributed by atoms with Crippen LogP contribution in [0.25, 0.3) is 10.9 Å². The van der Waals surface area contributed by atoms with Crippen LogP contribution in [-0.4, -0.2) is 185 Å². The third-order valence-corrected chi connectivity index (χ3v) is 17.6. The molecule has 30 heteroatoms. The fraction of sp³-hybridized carbons (Fsp3) is 0.457. The molecule has 4 aromatic carbocycles. The van der Waals surface area contributed by atoms with Crippen LogP contribution in [0.15, 0.2) is 97.2 Å². The van der Waals surface area contributed by atoms with Crippen LogP contribution >= 0.6 is 0 Å². The molecular formula is C70H91FN14O15. The van der Waals surface area contributed by atoms with Crippen LogP contribution in [0.3, 0.4) is 0 Å². The van der Waals surface area contributed by atoms with Crippen molar-refractivity contribution in [3.05, 3.63) is 131 Å². The second-order valence-electron chi connectivity index (χ2n) is 25.3. The molecule has 0 aliphatic carbocycles. The molecule has 3 aliphatic heterocycles. The summed E-state index contributed by atoms with van der Waals surface area (Å²) in [5.41, 5.74) is 7.78. The Kier molecular flexibility index (Phi) is 27.6. The Bertz CT molecular complexity index is 3780. The van der Waals surface area contributed by atoms with E-state index in [0.717, 1.165) is 11.8 Å². The van der Waals surface area contributed by atoms with Crippen molar-refractivity contribution >= 4 is 81.8 Å². The lowest BCUT2D eigenvalue weighted by Gasteiger charge is -2.37. The van der Waals surface area contributed by atoms with Crippen molar-refractivity contribution in [2.75, 3.05) is 33.9 Å². The standard InChI is InChI=1S/C70H91FN14O15/c1-9-52-64(93)82-56(32-44-14-19-49(99-8)20-15-44)68(97)85-28-11-26-70(85,6)69(98)83-54(61(72)90)31-43-16-21-50(22-17-43)100-29-27-73-60(89)35-55(79-41(4)86)65(94)78-40(3)63(92)77-39(2)62(91)76-37-46-13-10-12-45(30-46)36-75-59(88)25-24-58(66(95)81-52)84(7)67(96)57(80-42(5)87)33-47-38-74-53-23-18-48(71)34-51(47)53/h10,12-23,30,34,38-40,52,54-59,74-75,88H,9,11,24-29,31-33,35-37H2,1-8H3,(H2,72,90)(H,73,89)(H,76,91)(H,77,92)(H,78,94)(H,79,86)(H,80,87)(H,81,95)(H,82,93)(H,83,98)/t39-,40+,52+,54+,55+,56+,57+,58+,59?,70+/m1/s1. The first-order chi connectivity index (χ1) is 47.5. The maximum atomic E-state index is 15.2. The van der Waals surface area contributed by atoms with Crippen LogP contribution in [0.1, 0.15) is 108 Å².